The van der Waals surface area contributed by atoms with E-state index in [9.17, 15) is 4.79 Å². The number of esters is 1. The van der Waals surface area contributed by atoms with Gasteiger partial charge in [-0.25, -0.2) is 0 Å². The Labute approximate surface area is 130 Å². The maximum absolute atomic E-state index is 11.7. The van der Waals surface area contributed by atoms with E-state index in [2.05, 4.69) is 21.7 Å². The highest BCUT2D eigenvalue weighted by Crippen LogP contribution is 2.30. The Hall–Kier alpha value is -0.910. The smallest absolute Gasteiger partial charge is 0.307 e. The van der Waals surface area contributed by atoms with Crippen molar-refractivity contribution in [2.75, 3.05) is 20.2 Å². The summed E-state index contributed by atoms with van der Waals surface area (Å²) >= 11 is 1.71. The van der Waals surface area contributed by atoms with E-state index >= 15 is 0 Å². The Morgan fingerprint density at radius 3 is 3.19 bits per heavy atom. The zero-order chi connectivity index (χ0) is 14.7. The number of rotatable bonds is 5. The average molecular weight is 308 g/mol. The fraction of sp³-hybridized carbons (Fsp3) is 0.688. The third-order valence-electron chi connectivity index (χ3n) is 4.74. The maximum atomic E-state index is 11.7. The highest BCUT2D eigenvalue weighted by atomic mass is 32.1. The van der Waals surface area contributed by atoms with Crippen molar-refractivity contribution < 1.29 is 9.53 Å². The molecule has 2 saturated heterocycles. The van der Waals surface area contributed by atoms with Crippen molar-refractivity contribution in [1.29, 1.82) is 0 Å². The van der Waals surface area contributed by atoms with Crippen molar-refractivity contribution in [3.8, 4) is 0 Å². The second kappa shape index (κ2) is 6.90. The van der Waals surface area contributed by atoms with Gasteiger partial charge in [-0.3, -0.25) is 4.79 Å². The molecule has 2 aliphatic rings. The minimum Gasteiger partial charge on any atom is -0.469 e. The third-order valence-corrected chi connectivity index (χ3v) is 5.73. The Bertz CT molecular complexity index is 463. The van der Waals surface area contributed by atoms with Crippen molar-refractivity contribution in [3.05, 3.63) is 22.4 Å². The fourth-order valence-corrected chi connectivity index (χ4v) is 4.43. The standard InChI is InChI=1S/C16H24N2O2S/c1-20-16(19)11-14(15-5-3-9-21-15)17-12-6-8-18-7-2-4-13(18)10-12/h3,5,9,12-14,17H,2,4,6-8,10-11H2,1H3. The van der Waals surface area contributed by atoms with Crippen LogP contribution < -0.4 is 5.32 Å². The van der Waals surface area contributed by atoms with Gasteiger partial charge in [-0.05, 0) is 50.2 Å². The third kappa shape index (κ3) is 3.65. The van der Waals surface area contributed by atoms with Gasteiger partial charge in [-0.2, -0.15) is 0 Å². The predicted octanol–water partition coefficient (Wildman–Crippen LogP) is 2.57. The summed E-state index contributed by atoms with van der Waals surface area (Å²) in [5.41, 5.74) is 0. The number of carbonyl (C=O) groups excluding carboxylic acids is 1. The highest BCUT2D eigenvalue weighted by Gasteiger charge is 2.33. The fourth-order valence-electron chi connectivity index (χ4n) is 3.64. The summed E-state index contributed by atoms with van der Waals surface area (Å²) in [6.45, 7) is 2.46. The summed E-state index contributed by atoms with van der Waals surface area (Å²) in [7, 11) is 1.46. The quantitative estimate of drug-likeness (QED) is 0.849. The number of piperidine rings is 1. The second-order valence-corrected chi connectivity index (χ2v) is 7.05. The topological polar surface area (TPSA) is 41.6 Å². The van der Waals surface area contributed by atoms with E-state index in [-0.39, 0.29) is 12.0 Å². The van der Waals surface area contributed by atoms with Crippen LogP contribution >= 0.6 is 11.3 Å². The molecular weight excluding hydrogens is 284 g/mol. The molecule has 3 unspecified atom stereocenters. The van der Waals surface area contributed by atoms with Crippen LogP contribution in [0.25, 0.3) is 0 Å². The summed E-state index contributed by atoms with van der Waals surface area (Å²) < 4.78 is 4.85. The Morgan fingerprint density at radius 1 is 1.52 bits per heavy atom. The molecule has 116 valence electrons. The van der Waals surface area contributed by atoms with Gasteiger partial charge in [0.15, 0.2) is 0 Å². The minimum absolute atomic E-state index is 0.0930. The van der Waals surface area contributed by atoms with Gasteiger partial charge >= 0.3 is 5.97 Å². The van der Waals surface area contributed by atoms with Crippen LogP contribution in [0.2, 0.25) is 0 Å². The lowest BCUT2D eigenvalue weighted by molar-refractivity contribution is -0.141. The number of hydrogen-bond acceptors (Lipinski definition) is 5. The number of carbonyl (C=O) groups is 1. The zero-order valence-electron chi connectivity index (χ0n) is 12.6. The van der Waals surface area contributed by atoms with Gasteiger partial charge in [0, 0.05) is 17.0 Å². The monoisotopic (exact) mass is 308 g/mol. The molecule has 0 amide bonds. The van der Waals surface area contributed by atoms with Gasteiger partial charge in [0.05, 0.1) is 19.6 Å². The molecule has 0 aliphatic carbocycles. The van der Waals surface area contributed by atoms with Crippen LogP contribution in [0.1, 0.15) is 43.0 Å². The Balaban J connectivity index is 1.62. The molecule has 3 rings (SSSR count). The highest BCUT2D eigenvalue weighted by molar-refractivity contribution is 7.10. The molecule has 3 heterocycles. The van der Waals surface area contributed by atoms with Crippen molar-refractivity contribution in [2.24, 2.45) is 0 Å². The first-order valence-corrected chi connectivity index (χ1v) is 8.74. The second-order valence-electron chi connectivity index (χ2n) is 6.07. The molecule has 3 atom stereocenters. The van der Waals surface area contributed by atoms with E-state index in [1.54, 1.807) is 11.3 Å². The molecule has 5 heteroatoms. The van der Waals surface area contributed by atoms with Gasteiger partial charge < -0.3 is 15.0 Å². The van der Waals surface area contributed by atoms with Crippen molar-refractivity contribution in [1.82, 2.24) is 10.2 Å². The molecule has 21 heavy (non-hydrogen) atoms. The number of methoxy groups -OCH3 is 1. The van der Waals surface area contributed by atoms with Crippen molar-refractivity contribution in [2.45, 2.75) is 50.2 Å². The van der Waals surface area contributed by atoms with Gasteiger partial charge in [-0.15, -0.1) is 11.3 Å². The first-order valence-electron chi connectivity index (χ1n) is 7.86. The predicted molar refractivity (Wildman–Crippen MR) is 84.4 cm³/mol. The van der Waals surface area contributed by atoms with Crippen LogP contribution in [0.3, 0.4) is 0 Å². The maximum Gasteiger partial charge on any atom is 0.307 e. The molecule has 0 radical (unpaired) electrons. The van der Waals surface area contributed by atoms with Crippen LogP contribution in [0.5, 0.6) is 0 Å². The van der Waals surface area contributed by atoms with E-state index in [4.69, 9.17) is 4.74 Å². The molecule has 0 spiro atoms. The largest absolute Gasteiger partial charge is 0.469 e. The molecule has 1 aromatic heterocycles. The van der Waals surface area contributed by atoms with Crippen LogP contribution in [0.4, 0.5) is 0 Å². The van der Waals surface area contributed by atoms with Gasteiger partial charge in [0.25, 0.3) is 0 Å². The first-order chi connectivity index (χ1) is 10.3. The lowest BCUT2D eigenvalue weighted by Crippen LogP contribution is -2.46. The van der Waals surface area contributed by atoms with Gasteiger partial charge in [0.1, 0.15) is 0 Å². The van der Waals surface area contributed by atoms with E-state index in [0.717, 1.165) is 6.04 Å². The first kappa shape index (κ1) is 15.0. The molecule has 1 N–H and O–H groups in total. The number of thiophene rings is 1. The van der Waals surface area contributed by atoms with E-state index in [1.807, 2.05) is 6.07 Å². The molecule has 2 fully saturated rings. The van der Waals surface area contributed by atoms with Crippen molar-refractivity contribution in [3.63, 3.8) is 0 Å². The summed E-state index contributed by atoms with van der Waals surface area (Å²) in [6.07, 6.45) is 5.48. The molecule has 0 saturated carbocycles. The summed E-state index contributed by atoms with van der Waals surface area (Å²) in [4.78, 5) is 15.5. The lowest BCUT2D eigenvalue weighted by atomic mass is 9.96. The van der Waals surface area contributed by atoms with E-state index < -0.39 is 0 Å². The molecular formula is C16H24N2O2S. The van der Waals surface area contributed by atoms with Crippen molar-refractivity contribution >= 4 is 17.3 Å². The zero-order valence-corrected chi connectivity index (χ0v) is 13.4. The number of nitrogens with one attached hydrogen (secondary N) is 1. The Morgan fingerprint density at radius 2 is 2.43 bits per heavy atom. The molecule has 0 bridgehead atoms. The summed E-state index contributed by atoms with van der Waals surface area (Å²) in [5.74, 6) is -0.140. The number of nitrogens with zero attached hydrogens (tertiary/aromatic N) is 1. The van der Waals surface area contributed by atoms with Crippen LogP contribution in [0, 0.1) is 0 Å². The summed E-state index contributed by atoms with van der Waals surface area (Å²) in [5, 5.41) is 5.79. The van der Waals surface area contributed by atoms with Crippen LogP contribution in [-0.2, 0) is 9.53 Å². The normalized spacial score (nSPS) is 27.3. The Kier molecular flexibility index (Phi) is 4.93. The number of ether oxygens (including phenoxy) is 1. The van der Waals surface area contributed by atoms with E-state index in [0.29, 0.717) is 12.5 Å². The van der Waals surface area contributed by atoms with E-state index in [1.165, 1.54) is 50.8 Å². The number of fused-ring (bicyclic) bond motifs is 1. The van der Waals surface area contributed by atoms with Crippen LogP contribution in [0.15, 0.2) is 17.5 Å². The molecule has 2 aliphatic heterocycles. The number of hydrogen-bond donors (Lipinski definition) is 1. The van der Waals surface area contributed by atoms with Crippen LogP contribution in [-0.4, -0.2) is 43.2 Å². The van der Waals surface area contributed by atoms with Gasteiger partial charge in [0.2, 0.25) is 0 Å². The average Bonchev–Trinajstić information content (AvgIpc) is 3.17. The molecule has 4 nitrogen and oxygen atoms in total. The SMILES string of the molecule is COC(=O)CC(NC1CCN2CCCC2C1)c1cccs1. The minimum atomic E-state index is -0.140. The van der Waals surface area contributed by atoms with Gasteiger partial charge in [-0.1, -0.05) is 6.07 Å². The lowest BCUT2D eigenvalue weighted by Gasteiger charge is -2.36. The summed E-state index contributed by atoms with van der Waals surface area (Å²) in [6, 6.07) is 5.51. The molecule has 0 aromatic carbocycles. The molecule has 1 aromatic rings.